The van der Waals surface area contributed by atoms with Crippen molar-refractivity contribution in [2.75, 3.05) is 0 Å². The van der Waals surface area contributed by atoms with E-state index in [9.17, 15) is 5.11 Å². The first-order valence-corrected chi connectivity index (χ1v) is 9.97. The first-order chi connectivity index (χ1) is 6.68. The van der Waals surface area contributed by atoms with Gasteiger partial charge in [0, 0.05) is 12.7 Å². The van der Waals surface area contributed by atoms with Gasteiger partial charge in [-0.05, 0) is 90.4 Å². The van der Waals surface area contributed by atoms with E-state index in [-0.39, 0.29) is 5.75 Å². The predicted molar refractivity (Wildman–Crippen MR) is 106 cm³/mol. The third-order valence-corrected chi connectivity index (χ3v) is 8.98. The van der Waals surface area contributed by atoms with E-state index in [1.165, 1.54) is 0 Å². The zero-order chi connectivity index (χ0) is 12.0. The van der Waals surface area contributed by atoms with Gasteiger partial charge in [-0.2, -0.15) is 0 Å². The van der Waals surface area contributed by atoms with Crippen LogP contribution in [0.3, 0.4) is 0 Å². The van der Waals surface area contributed by atoms with Gasteiger partial charge in [0.2, 0.25) is 5.75 Å². The molecule has 0 saturated carbocycles. The molecule has 0 amide bonds. The van der Waals surface area contributed by atoms with Crippen molar-refractivity contribution in [3.63, 3.8) is 0 Å². The lowest BCUT2D eigenvalue weighted by atomic mass is 10.2. The van der Waals surface area contributed by atoms with Crippen molar-refractivity contribution in [1.29, 1.82) is 0 Å². The van der Waals surface area contributed by atoms with E-state index in [1.54, 1.807) is 0 Å². The van der Waals surface area contributed by atoms with Gasteiger partial charge in [-0.25, -0.2) is 0 Å². The molecular formula is C7Br3I4O. The van der Waals surface area contributed by atoms with E-state index in [4.69, 9.17) is 0 Å². The molecule has 0 saturated heterocycles. The second-order valence-electron chi connectivity index (χ2n) is 2.46. The highest BCUT2D eigenvalue weighted by molar-refractivity contribution is 14.1. The Hall–Kier alpha value is 3.38. The van der Waals surface area contributed by atoms with Gasteiger partial charge in [-0.3, -0.25) is 5.11 Å². The second kappa shape index (κ2) is 6.22. The highest BCUT2D eigenvalue weighted by atomic mass is 127. The summed E-state index contributed by atoms with van der Waals surface area (Å²) in [5.41, 5.74) is 1.04. The minimum Gasteiger partial charge on any atom is -0.287 e. The molecule has 15 heavy (non-hydrogen) atoms. The molecule has 0 atom stereocenters. The molecule has 83 valence electrons. The molecule has 1 nitrogen and oxygen atoms in total. The van der Waals surface area contributed by atoms with Crippen molar-refractivity contribution < 1.29 is 5.11 Å². The highest BCUT2D eigenvalue weighted by Crippen LogP contribution is 2.51. The van der Waals surface area contributed by atoms with Crippen LogP contribution in [0.4, 0.5) is 0 Å². The van der Waals surface area contributed by atoms with Crippen LogP contribution in [-0.4, -0.2) is 0 Å². The molecule has 0 heterocycles. The summed E-state index contributed by atoms with van der Waals surface area (Å²) in [7, 11) is 0. The smallest absolute Gasteiger partial charge is 0.207 e. The average Bonchev–Trinajstić information content (AvgIpc) is 2.09. The summed E-state index contributed by atoms with van der Waals surface area (Å²) in [5.74, 6) is 0.102. The molecule has 1 aromatic carbocycles. The van der Waals surface area contributed by atoms with Crippen molar-refractivity contribution in [1.82, 2.24) is 0 Å². The van der Waals surface area contributed by atoms with Gasteiger partial charge in [-0.1, -0.05) is 47.8 Å². The van der Waals surface area contributed by atoms with Crippen LogP contribution in [-0.2, 0) is 7.25 Å². The van der Waals surface area contributed by atoms with Gasteiger partial charge in [0.1, 0.15) is 0 Å². The Kier molecular flexibility index (Phi) is 6.82. The molecule has 1 aromatic rings. The van der Waals surface area contributed by atoms with E-state index in [1.807, 2.05) is 0 Å². The van der Waals surface area contributed by atoms with Crippen molar-refractivity contribution in [2.45, 2.75) is 2.14 Å². The molecule has 0 fully saturated rings. The van der Waals surface area contributed by atoms with Gasteiger partial charge in [0.15, 0.2) is 2.14 Å². The standard InChI is InChI=1S/C7Br3I4O/c8-7(9,10)1-2(11)4(13)6(15)5(14)3(1)12. The Morgan fingerprint density at radius 1 is 0.800 bits per heavy atom. The maximum Gasteiger partial charge on any atom is 0.207 e. The minimum atomic E-state index is -0.479. The first-order valence-electron chi connectivity index (χ1n) is 3.28. The number of rotatable bonds is 0. The van der Waals surface area contributed by atoms with Gasteiger partial charge in [-0.15, -0.1) is 0 Å². The molecule has 0 unspecified atom stereocenters. The molecule has 0 spiro atoms. The second-order valence-corrected chi connectivity index (χ2v) is 13.5. The average molecular weight is 847 g/mol. The van der Waals surface area contributed by atoms with Crippen LogP contribution in [0, 0.1) is 14.3 Å². The summed E-state index contributed by atoms with van der Waals surface area (Å²) in [4.78, 5) is 0. The fourth-order valence-electron chi connectivity index (χ4n) is 0.860. The zero-order valence-corrected chi connectivity index (χ0v) is 19.9. The molecule has 1 radical (unpaired) electrons. The topological polar surface area (TPSA) is 19.9 Å². The van der Waals surface area contributed by atoms with Crippen LogP contribution in [0.1, 0.15) is 5.56 Å². The predicted octanol–water partition coefficient (Wildman–Crippen LogP) is 6.54. The SMILES string of the molecule is [O]c1c(I)c(I)c(C(Br)(Br)Br)c(I)c1I. The third-order valence-electron chi connectivity index (χ3n) is 1.51. The lowest BCUT2D eigenvalue weighted by molar-refractivity contribution is 0.347. The van der Waals surface area contributed by atoms with Crippen LogP contribution in [0.25, 0.3) is 0 Å². The van der Waals surface area contributed by atoms with Crippen molar-refractivity contribution in [2.24, 2.45) is 0 Å². The quantitative estimate of drug-likeness (QED) is 0.161. The Balaban J connectivity index is 3.68. The summed E-state index contributed by atoms with van der Waals surface area (Å²) in [6.45, 7) is 0. The van der Waals surface area contributed by atoms with Crippen LogP contribution < -0.4 is 0 Å². The normalized spacial score (nSPS) is 11.9. The van der Waals surface area contributed by atoms with Crippen LogP contribution >= 0.6 is 138 Å². The number of hydrogen-bond acceptors (Lipinski definition) is 0. The summed E-state index contributed by atoms with van der Waals surface area (Å²) >= 11 is 19.0. The molecule has 0 aliphatic rings. The Bertz CT molecular complexity index is 387. The Morgan fingerprint density at radius 2 is 1.13 bits per heavy atom. The van der Waals surface area contributed by atoms with Gasteiger partial charge >= 0.3 is 0 Å². The fraction of sp³-hybridized carbons (Fsp3) is 0.143. The molecule has 0 aliphatic carbocycles. The highest BCUT2D eigenvalue weighted by Gasteiger charge is 2.31. The van der Waals surface area contributed by atoms with E-state index >= 15 is 0 Å². The maximum atomic E-state index is 11.8. The zero-order valence-electron chi connectivity index (χ0n) is 6.55. The van der Waals surface area contributed by atoms with E-state index in [0.717, 1.165) is 19.8 Å². The van der Waals surface area contributed by atoms with E-state index in [2.05, 4.69) is 138 Å². The molecule has 0 N–H and O–H groups in total. The van der Waals surface area contributed by atoms with Gasteiger partial charge in [0.05, 0.1) is 7.14 Å². The molecule has 0 aliphatic heterocycles. The van der Waals surface area contributed by atoms with Crippen LogP contribution in [0.2, 0.25) is 0 Å². The van der Waals surface area contributed by atoms with E-state index < -0.39 is 2.14 Å². The third kappa shape index (κ3) is 3.69. The summed E-state index contributed by atoms with van der Waals surface area (Å²) in [5, 5.41) is 11.8. The summed E-state index contributed by atoms with van der Waals surface area (Å²) in [6.07, 6.45) is 0. The largest absolute Gasteiger partial charge is 0.287 e. The molecule has 0 aromatic heterocycles. The van der Waals surface area contributed by atoms with Crippen LogP contribution in [0.15, 0.2) is 0 Å². The Labute approximate surface area is 167 Å². The first kappa shape index (κ1) is 16.4. The summed E-state index contributed by atoms with van der Waals surface area (Å²) < 4.78 is 2.97. The lowest BCUT2D eigenvalue weighted by Crippen LogP contribution is -2.08. The monoisotopic (exact) mass is 844 g/mol. The summed E-state index contributed by atoms with van der Waals surface area (Å²) in [6, 6.07) is 0. The maximum absolute atomic E-state index is 11.8. The molecule has 1 rings (SSSR count). The van der Waals surface area contributed by atoms with Crippen molar-refractivity contribution in [3.05, 3.63) is 19.8 Å². The lowest BCUT2D eigenvalue weighted by Gasteiger charge is -2.19. The van der Waals surface area contributed by atoms with Gasteiger partial charge < -0.3 is 0 Å². The Morgan fingerprint density at radius 3 is 1.40 bits per heavy atom. The molecule has 0 bridgehead atoms. The molecular weight excluding hydrogens is 847 g/mol. The van der Waals surface area contributed by atoms with Crippen LogP contribution in [0.5, 0.6) is 5.75 Å². The number of hydrogen-bond donors (Lipinski definition) is 0. The van der Waals surface area contributed by atoms with Gasteiger partial charge in [0.25, 0.3) is 0 Å². The fourth-order valence-corrected chi connectivity index (χ4v) is 8.22. The molecule has 8 heteroatoms. The van der Waals surface area contributed by atoms with Crippen molar-refractivity contribution >= 4 is 138 Å². The number of halogens is 7. The van der Waals surface area contributed by atoms with E-state index in [0.29, 0.717) is 0 Å². The number of alkyl halides is 3. The minimum absolute atomic E-state index is 0.102. The number of benzene rings is 1. The van der Waals surface area contributed by atoms with Crippen molar-refractivity contribution in [3.8, 4) is 5.75 Å².